The summed E-state index contributed by atoms with van der Waals surface area (Å²) in [5.74, 6) is 3.39. The molecule has 0 saturated carbocycles. The van der Waals surface area contributed by atoms with Crippen LogP contribution in [0.5, 0.6) is 11.5 Å². The minimum absolute atomic E-state index is 0.179. The molecule has 2 fully saturated rings. The van der Waals surface area contributed by atoms with Crippen molar-refractivity contribution in [3.8, 4) is 11.5 Å². The maximum Gasteiger partial charge on any atom is 0.404 e. The van der Waals surface area contributed by atoms with Crippen molar-refractivity contribution >= 4 is 62.9 Å². The molecule has 3 N–H and O–H groups in total. The van der Waals surface area contributed by atoms with Crippen molar-refractivity contribution in [2.75, 3.05) is 36.1 Å². The Hall–Kier alpha value is -1.81. The van der Waals surface area contributed by atoms with E-state index in [0.717, 1.165) is 43.1 Å². The molecule has 0 aromatic carbocycles. The number of nitrogens with two attached hydrogens (primary N) is 1. The van der Waals surface area contributed by atoms with E-state index in [1.165, 1.54) is 0 Å². The number of rotatable bonds is 1. The average molecular weight is 679 g/mol. The topological polar surface area (TPSA) is 123 Å². The Bertz CT molecular complexity index is 1060. The average Bonchev–Trinajstić information content (AvgIpc) is 3.36. The molecule has 2 aromatic heterocycles. The van der Waals surface area contributed by atoms with E-state index >= 15 is 0 Å². The number of carbonyl (C=O) groups is 1. The molecule has 0 aliphatic carbocycles. The summed E-state index contributed by atoms with van der Waals surface area (Å²) in [7, 11) is 0. The van der Waals surface area contributed by atoms with Gasteiger partial charge in [-0.25, -0.2) is 14.8 Å². The van der Waals surface area contributed by atoms with Crippen LogP contribution in [0.15, 0.2) is 24.5 Å². The molecular formula is C21H23I2N5O5. The van der Waals surface area contributed by atoms with Gasteiger partial charge in [-0.3, -0.25) is 0 Å². The fourth-order valence-corrected chi connectivity index (χ4v) is 5.83. The number of carbonyl (C=O) groups excluding carboxylic acids is 1. The van der Waals surface area contributed by atoms with Crippen LogP contribution in [0.3, 0.4) is 0 Å². The monoisotopic (exact) mass is 679 g/mol. The zero-order chi connectivity index (χ0) is 23.1. The van der Waals surface area contributed by atoms with E-state index in [9.17, 15) is 9.90 Å². The van der Waals surface area contributed by atoms with Crippen molar-refractivity contribution in [1.82, 2.24) is 9.97 Å². The van der Waals surface area contributed by atoms with E-state index in [1.807, 2.05) is 12.1 Å². The fraction of sp³-hybridized carbons (Fsp3) is 0.476. The molecule has 6 heterocycles. The van der Waals surface area contributed by atoms with Gasteiger partial charge < -0.3 is 34.9 Å². The first kappa shape index (κ1) is 23.0. The van der Waals surface area contributed by atoms with Crippen LogP contribution in [-0.4, -0.2) is 71.8 Å². The third-order valence-corrected chi connectivity index (χ3v) is 7.81. The predicted molar refractivity (Wildman–Crippen MR) is 137 cm³/mol. The molecule has 0 bridgehead atoms. The van der Waals surface area contributed by atoms with Crippen LogP contribution < -0.4 is 25.0 Å². The number of aromatic nitrogens is 2. The second-order valence-electron chi connectivity index (χ2n) is 8.31. The first-order valence-corrected chi connectivity index (χ1v) is 12.8. The first-order valence-electron chi connectivity index (χ1n) is 10.6. The third-order valence-electron chi connectivity index (χ3n) is 6.11. The van der Waals surface area contributed by atoms with Gasteiger partial charge in [0.2, 0.25) is 0 Å². The fourth-order valence-electron chi connectivity index (χ4n) is 4.71. The predicted octanol–water partition coefficient (Wildman–Crippen LogP) is 2.14. The smallest absolute Gasteiger partial charge is 0.404 e. The molecule has 4 atom stereocenters. The summed E-state index contributed by atoms with van der Waals surface area (Å²) in [5, 5.41) is 9.63. The van der Waals surface area contributed by atoms with Crippen LogP contribution in [0.25, 0.3) is 0 Å². The van der Waals surface area contributed by atoms with E-state index in [-0.39, 0.29) is 24.3 Å². The summed E-state index contributed by atoms with van der Waals surface area (Å²) in [6, 6.07) is 4.34. The van der Waals surface area contributed by atoms with Crippen molar-refractivity contribution in [1.29, 1.82) is 0 Å². The highest BCUT2D eigenvalue weighted by molar-refractivity contribution is 14.1. The molecule has 4 aliphatic rings. The van der Waals surface area contributed by atoms with E-state index in [0.29, 0.717) is 26.3 Å². The van der Waals surface area contributed by atoms with Gasteiger partial charge in [0.1, 0.15) is 19.3 Å². The molecular weight excluding hydrogens is 656 g/mol. The van der Waals surface area contributed by atoms with Gasteiger partial charge >= 0.3 is 6.09 Å². The number of hydrogen-bond acceptors (Lipinski definition) is 9. The standard InChI is InChI=1S/C11H12IN3O3.C10H11IN2O2/c12-8-1-2-14-10-9(8)17-5-6-3-7(4-15(6)10)18-11(13)16;11-8-1-2-12-10-9(8)15-5-6-3-7(14)4-13(6)10/h1-2,6-7H,3-5H2,(H2,13,16);1-2,6-7,14H,3-5H2/t2*6-,7-/m00/s1. The van der Waals surface area contributed by atoms with Gasteiger partial charge in [-0.15, -0.1) is 0 Å². The quantitative estimate of drug-likeness (QED) is 0.437. The van der Waals surface area contributed by atoms with E-state index in [2.05, 4.69) is 64.9 Å². The molecule has 2 saturated heterocycles. The summed E-state index contributed by atoms with van der Waals surface area (Å²) < 4.78 is 18.6. The molecule has 10 nitrogen and oxygen atoms in total. The lowest BCUT2D eigenvalue weighted by molar-refractivity contribution is 0.114. The van der Waals surface area contributed by atoms with Gasteiger partial charge in [0.15, 0.2) is 23.1 Å². The number of anilines is 2. The third kappa shape index (κ3) is 4.60. The van der Waals surface area contributed by atoms with Crippen molar-refractivity contribution in [3.05, 3.63) is 31.7 Å². The van der Waals surface area contributed by atoms with Crippen molar-refractivity contribution in [2.24, 2.45) is 5.73 Å². The zero-order valence-electron chi connectivity index (χ0n) is 17.6. The molecule has 1 amide bonds. The van der Waals surface area contributed by atoms with Crippen LogP contribution in [0.4, 0.5) is 16.4 Å². The van der Waals surface area contributed by atoms with Crippen LogP contribution >= 0.6 is 45.2 Å². The lowest BCUT2D eigenvalue weighted by atomic mass is 10.2. The molecule has 0 unspecified atom stereocenters. The molecule has 0 radical (unpaired) electrons. The Morgan fingerprint density at radius 1 is 1.00 bits per heavy atom. The number of aliphatic hydroxyl groups excluding tert-OH is 1. The molecule has 0 spiro atoms. The lowest BCUT2D eigenvalue weighted by Gasteiger charge is -2.32. The molecule has 12 heteroatoms. The number of ether oxygens (including phenoxy) is 3. The Morgan fingerprint density at radius 3 is 2.12 bits per heavy atom. The van der Waals surface area contributed by atoms with Crippen molar-refractivity contribution < 1.29 is 24.1 Å². The van der Waals surface area contributed by atoms with Gasteiger partial charge in [-0.05, 0) is 63.7 Å². The second-order valence-corrected chi connectivity index (χ2v) is 10.6. The van der Waals surface area contributed by atoms with Crippen molar-refractivity contribution in [2.45, 2.75) is 37.1 Å². The van der Waals surface area contributed by atoms with Gasteiger partial charge in [-0.2, -0.15) is 0 Å². The Balaban J connectivity index is 0.000000140. The summed E-state index contributed by atoms with van der Waals surface area (Å²) in [6.07, 6.45) is 3.91. The maximum absolute atomic E-state index is 10.8. The Morgan fingerprint density at radius 2 is 1.55 bits per heavy atom. The van der Waals surface area contributed by atoms with Crippen molar-refractivity contribution in [3.63, 3.8) is 0 Å². The highest BCUT2D eigenvalue weighted by Gasteiger charge is 2.40. The number of halogens is 2. The second kappa shape index (κ2) is 9.44. The molecule has 2 aromatic rings. The van der Waals surface area contributed by atoms with Gasteiger partial charge in [0.05, 0.1) is 31.9 Å². The van der Waals surface area contributed by atoms with Gasteiger partial charge in [0, 0.05) is 25.4 Å². The first-order chi connectivity index (χ1) is 15.9. The van der Waals surface area contributed by atoms with Crippen LogP contribution in [0, 0.1) is 7.14 Å². The molecule has 176 valence electrons. The summed E-state index contributed by atoms with van der Waals surface area (Å²) in [6.45, 7) is 2.55. The SMILES string of the molecule is NC(=O)O[C@H]1C[C@H]2COc3c(I)ccnc3N2C1.O[C@H]1C[C@H]2COc3c(I)ccnc3N2C1. The zero-order valence-corrected chi connectivity index (χ0v) is 21.9. The minimum atomic E-state index is -0.725. The van der Waals surface area contributed by atoms with Crippen LogP contribution in [-0.2, 0) is 4.74 Å². The summed E-state index contributed by atoms with van der Waals surface area (Å²) in [5.41, 5.74) is 5.05. The lowest BCUT2D eigenvalue weighted by Crippen LogP contribution is -2.39. The van der Waals surface area contributed by atoms with E-state index in [4.69, 9.17) is 19.9 Å². The van der Waals surface area contributed by atoms with E-state index < -0.39 is 6.09 Å². The van der Waals surface area contributed by atoms with Crippen LogP contribution in [0.2, 0.25) is 0 Å². The summed E-state index contributed by atoms with van der Waals surface area (Å²) >= 11 is 4.47. The normalized spacial score (nSPS) is 26.5. The minimum Gasteiger partial charge on any atom is -0.486 e. The molecule has 33 heavy (non-hydrogen) atoms. The molecule has 4 aliphatic heterocycles. The number of amides is 1. The Labute approximate surface area is 218 Å². The summed E-state index contributed by atoms with van der Waals surface area (Å²) in [4.78, 5) is 23.8. The number of nitrogens with zero attached hydrogens (tertiary/aromatic N) is 4. The Kier molecular flexibility index (Phi) is 6.57. The van der Waals surface area contributed by atoms with Gasteiger partial charge in [0.25, 0.3) is 0 Å². The highest BCUT2D eigenvalue weighted by Crippen LogP contribution is 2.40. The van der Waals surface area contributed by atoms with E-state index in [1.54, 1.807) is 12.4 Å². The largest absolute Gasteiger partial charge is 0.486 e. The number of primary amides is 1. The number of hydrogen-bond donors (Lipinski definition) is 2. The molecule has 6 rings (SSSR count). The van der Waals surface area contributed by atoms with Crippen LogP contribution in [0.1, 0.15) is 12.8 Å². The maximum atomic E-state index is 10.8. The number of pyridine rings is 2. The number of aliphatic hydroxyl groups is 1. The highest BCUT2D eigenvalue weighted by atomic mass is 127. The van der Waals surface area contributed by atoms with Gasteiger partial charge in [-0.1, -0.05) is 0 Å². The number of fused-ring (bicyclic) bond motifs is 6.